The van der Waals surface area contributed by atoms with E-state index in [4.69, 9.17) is 9.15 Å². The molecule has 1 atom stereocenters. The van der Waals surface area contributed by atoms with Crippen molar-refractivity contribution < 1.29 is 14.3 Å². The smallest absolute Gasteiger partial charge is 0.119 e. The second kappa shape index (κ2) is 9.93. The summed E-state index contributed by atoms with van der Waals surface area (Å²) in [6.07, 6.45) is 1.73. The maximum absolute atomic E-state index is 9.53. The van der Waals surface area contributed by atoms with E-state index in [9.17, 15) is 5.11 Å². The highest BCUT2D eigenvalue weighted by Gasteiger charge is 2.27. The van der Waals surface area contributed by atoms with Gasteiger partial charge >= 0.3 is 0 Å². The molecule has 148 valence electrons. The molecule has 0 radical (unpaired) electrons. The van der Waals surface area contributed by atoms with Crippen LogP contribution in [0, 0.1) is 0 Å². The maximum Gasteiger partial charge on any atom is 0.119 e. The first-order valence-corrected chi connectivity index (χ1v) is 10.1. The van der Waals surface area contributed by atoms with Crippen LogP contribution in [0.2, 0.25) is 0 Å². The Labute approximate surface area is 162 Å². The molecular weight excluding hydrogens is 340 g/mol. The number of hydrogen-bond donors (Lipinski definition) is 1. The van der Waals surface area contributed by atoms with Crippen LogP contribution >= 0.6 is 0 Å². The number of aryl methyl sites for hydroxylation is 1. The highest BCUT2D eigenvalue weighted by atomic mass is 16.5. The molecule has 0 aliphatic carbocycles. The van der Waals surface area contributed by atoms with Gasteiger partial charge in [0.05, 0.1) is 13.2 Å². The summed E-state index contributed by atoms with van der Waals surface area (Å²) < 4.78 is 11.4. The van der Waals surface area contributed by atoms with Crippen LogP contribution in [0.25, 0.3) is 0 Å². The van der Waals surface area contributed by atoms with Crippen molar-refractivity contribution in [1.82, 2.24) is 9.80 Å². The van der Waals surface area contributed by atoms with Crippen molar-refractivity contribution in [2.45, 2.75) is 45.8 Å². The van der Waals surface area contributed by atoms with Gasteiger partial charge in [0.2, 0.25) is 0 Å². The number of aliphatic hydroxyl groups excluding tert-OH is 1. The number of piperazine rings is 1. The van der Waals surface area contributed by atoms with Gasteiger partial charge in [0.1, 0.15) is 17.3 Å². The van der Waals surface area contributed by atoms with Gasteiger partial charge in [-0.3, -0.25) is 9.80 Å². The predicted octanol–water partition coefficient (Wildman–Crippen LogP) is 3.31. The Hall–Kier alpha value is -1.82. The lowest BCUT2D eigenvalue weighted by Gasteiger charge is -2.41. The molecule has 1 N–H and O–H groups in total. The molecule has 0 spiro atoms. The third-order valence-corrected chi connectivity index (χ3v) is 5.22. The van der Waals surface area contributed by atoms with Crippen LogP contribution in [-0.2, 0) is 19.5 Å². The largest absolute Gasteiger partial charge is 0.494 e. The van der Waals surface area contributed by atoms with Crippen LogP contribution in [-0.4, -0.2) is 53.8 Å². The number of hydrogen-bond acceptors (Lipinski definition) is 5. The lowest BCUT2D eigenvalue weighted by Crippen LogP contribution is -2.52. The molecule has 2 aromatic rings. The van der Waals surface area contributed by atoms with Gasteiger partial charge in [0.15, 0.2) is 0 Å². The van der Waals surface area contributed by atoms with Crippen molar-refractivity contribution in [2.24, 2.45) is 0 Å². The van der Waals surface area contributed by atoms with Crippen LogP contribution in [0.5, 0.6) is 5.75 Å². The summed E-state index contributed by atoms with van der Waals surface area (Å²) in [6, 6.07) is 12.9. The summed E-state index contributed by atoms with van der Waals surface area (Å²) in [4.78, 5) is 4.93. The zero-order valence-corrected chi connectivity index (χ0v) is 16.6. The molecule has 1 aromatic carbocycles. The summed E-state index contributed by atoms with van der Waals surface area (Å²) in [5, 5.41) is 9.53. The zero-order chi connectivity index (χ0) is 19.1. The molecule has 1 saturated heterocycles. The minimum atomic E-state index is 0.221. The SMILES string of the molecule is CCOc1ccc(CN2CCN(Cc3ccc(CC)o3)C[C@H]2CCO)cc1. The molecule has 5 heteroatoms. The molecule has 1 fully saturated rings. The van der Waals surface area contributed by atoms with E-state index in [1.807, 2.05) is 19.1 Å². The van der Waals surface area contributed by atoms with E-state index >= 15 is 0 Å². The van der Waals surface area contributed by atoms with Crippen LogP contribution in [0.15, 0.2) is 40.8 Å². The van der Waals surface area contributed by atoms with Gasteiger partial charge in [-0.05, 0) is 43.2 Å². The van der Waals surface area contributed by atoms with Crippen LogP contribution in [0.1, 0.15) is 37.4 Å². The van der Waals surface area contributed by atoms with Crippen molar-refractivity contribution in [3.63, 3.8) is 0 Å². The van der Waals surface area contributed by atoms with Crippen molar-refractivity contribution >= 4 is 0 Å². The van der Waals surface area contributed by atoms with E-state index < -0.39 is 0 Å². The van der Waals surface area contributed by atoms with Crippen molar-refractivity contribution in [1.29, 1.82) is 0 Å². The molecule has 1 aliphatic heterocycles. The van der Waals surface area contributed by atoms with Crippen molar-refractivity contribution in [3.8, 4) is 5.75 Å². The summed E-state index contributed by atoms with van der Waals surface area (Å²) in [5.41, 5.74) is 1.29. The van der Waals surface area contributed by atoms with E-state index in [1.54, 1.807) is 0 Å². The summed E-state index contributed by atoms with van der Waals surface area (Å²) in [5.74, 6) is 3.00. The fourth-order valence-corrected chi connectivity index (χ4v) is 3.74. The van der Waals surface area contributed by atoms with E-state index in [-0.39, 0.29) is 6.61 Å². The van der Waals surface area contributed by atoms with E-state index in [2.05, 4.69) is 41.0 Å². The Morgan fingerprint density at radius 2 is 1.81 bits per heavy atom. The Morgan fingerprint density at radius 3 is 2.48 bits per heavy atom. The lowest BCUT2D eigenvalue weighted by atomic mass is 10.1. The highest BCUT2D eigenvalue weighted by Crippen LogP contribution is 2.20. The zero-order valence-electron chi connectivity index (χ0n) is 16.6. The molecule has 0 amide bonds. The van der Waals surface area contributed by atoms with Gasteiger partial charge in [-0.1, -0.05) is 19.1 Å². The number of ether oxygens (including phenoxy) is 1. The molecule has 5 nitrogen and oxygen atoms in total. The third-order valence-electron chi connectivity index (χ3n) is 5.22. The number of benzene rings is 1. The quantitative estimate of drug-likeness (QED) is 0.732. The van der Waals surface area contributed by atoms with Gasteiger partial charge in [0, 0.05) is 45.2 Å². The summed E-state index contributed by atoms with van der Waals surface area (Å²) in [6.45, 7) is 9.75. The Balaban J connectivity index is 1.58. The Bertz CT molecular complexity index is 683. The first-order valence-electron chi connectivity index (χ1n) is 10.1. The molecular formula is C22H32N2O3. The number of nitrogens with zero attached hydrogens (tertiary/aromatic N) is 2. The molecule has 0 saturated carbocycles. The van der Waals surface area contributed by atoms with Gasteiger partial charge < -0.3 is 14.3 Å². The van der Waals surface area contributed by atoms with Crippen molar-refractivity contribution in [3.05, 3.63) is 53.5 Å². The van der Waals surface area contributed by atoms with Crippen LogP contribution < -0.4 is 4.74 Å². The van der Waals surface area contributed by atoms with E-state index in [0.717, 1.165) is 62.8 Å². The fourth-order valence-electron chi connectivity index (χ4n) is 3.74. The molecule has 0 unspecified atom stereocenters. The normalized spacial score (nSPS) is 18.7. The second-order valence-corrected chi connectivity index (χ2v) is 7.17. The van der Waals surface area contributed by atoms with Gasteiger partial charge in [-0.25, -0.2) is 0 Å². The average Bonchev–Trinajstić information content (AvgIpc) is 3.13. The van der Waals surface area contributed by atoms with Gasteiger partial charge in [-0.15, -0.1) is 0 Å². The minimum Gasteiger partial charge on any atom is -0.494 e. The van der Waals surface area contributed by atoms with Gasteiger partial charge in [-0.2, -0.15) is 0 Å². The van der Waals surface area contributed by atoms with Crippen molar-refractivity contribution in [2.75, 3.05) is 32.8 Å². The number of furan rings is 1. The topological polar surface area (TPSA) is 49.1 Å². The Kier molecular flexibility index (Phi) is 7.33. The predicted molar refractivity (Wildman–Crippen MR) is 107 cm³/mol. The molecule has 2 heterocycles. The maximum atomic E-state index is 9.53. The minimum absolute atomic E-state index is 0.221. The first-order chi connectivity index (χ1) is 13.2. The number of rotatable bonds is 9. The molecule has 3 rings (SSSR count). The third kappa shape index (κ3) is 5.58. The first kappa shape index (κ1) is 19.9. The molecule has 1 aliphatic rings. The molecule has 27 heavy (non-hydrogen) atoms. The molecule has 1 aromatic heterocycles. The van der Waals surface area contributed by atoms with E-state index in [0.29, 0.717) is 12.6 Å². The summed E-state index contributed by atoms with van der Waals surface area (Å²) >= 11 is 0. The Morgan fingerprint density at radius 1 is 1.04 bits per heavy atom. The fraction of sp³-hybridized carbons (Fsp3) is 0.545. The van der Waals surface area contributed by atoms with Crippen LogP contribution in [0.4, 0.5) is 0 Å². The average molecular weight is 373 g/mol. The lowest BCUT2D eigenvalue weighted by molar-refractivity contribution is 0.0467. The van der Waals surface area contributed by atoms with Crippen LogP contribution in [0.3, 0.4) is 0 Å². The molecule has 0 bridgehead atoms. The van der Waals surface area contributed by atoms with E-state index in [1.165, 1.54) is 5.56 Å². The highest BCUT2D eigenvalue weighted by molar-refractivity contribution is 5.27. The van der Waals surface area contributed by atoms with Gasteiger partial charge in [0.25, 0.3) is 0 Å². The monoisotopic (exact) mass is 372 g/mol. The second-order valence-electron chi connectivity index (χ2n) is 7.17. The standard InChI is InChI=1S/C22H32N2O3/c1-3-20-9-10-22(27-20)17-23-12-13-24(19(16-23)11-14-25)15-18-5-7-21(8-6-18)26-4-2/h5-10,19,25H,3-4,11-17H2,1-2H3/t19-/m1/s1. The summed E-state index contributed by atoms with van der Waals surface area (Å²) in [7, 11) is 0. The number of aliphatic hydroxyl groups is 1.